The van der Waals surface area contributed by atoms with E-state index in [1.54, 1.807) is 12.3 Å². The molecule has 2 heterocycles. The van der Waals surface area contributed by atoms with E-state index in [9.17, 15) is 13.2 Å². The monoisotopic (exact) mass is 262 g/mol. The van der Waals surface area contributed by atoms with Crippen LogP contribution in [-0.4, -0.2) is 43.8 Å². The third-order valence-electron chi connectivity index (χ3n) is 3.19. The lowest BCUT2D eigenvalue weighted by molar-refractivity contribution is -0.175. The van der Waals surface area contributed by atoms with Gasteiger partial charge in [0.15, 0.2) is 0 Å². The van der Waals surface area contributed by atoms with Crippen molar-refractivity contribution in [3.8, 4) is 0 Å². The van der Waals surface area contributed by atoms with Crippen LogP contribution in [0.4, 0.5) is 13.2 Å². The Morgan fingerprint density at radius 1 is 1.44 bits per heavy atom. The van der Waals surface area contributed by atoms with Crippen LogP contribution in [0.25, 0.3) is 0 Å². The van der Waals surface area contributed by atoms with Crippen molar-refractivity contribution in [1.82, 2.24) is 10.2 Å². The Labute approximate surface area is 104 Å². The second-order valence-electron chi connectivity index (χ2n) is 4.57. The average Bonchev–Trinajstić information content (AvgIpc) is 2.69. The molecule has 3 nitrogen and oxygen atoms in total. The molecule has 0 aliphatic carbocycles. The third kappa shape index (κ3) is 3.74. The number of nitrogens with one attached hydrogen (secondary N) is 1. The molecule has 2 rings (SSSR count). The minimum Gasteiger partial charge on any atom is -0.469 e. The Morgan fingerprint density at radius 2 is 2.28 bits per heavy atom. The Morgan fingerprint density at radius 3 is 2.94 bits per heavy atom. The van der Waals surface area contributed by atoms with Crippen LogP contribution in [0.3, 0.4) is 0 Å². The maximum Gasteiger partial charge on any atom is 0.394 e. The van der Waals surface area contributed by atoms with Crippen LogP contribution in [0.2, 0.25) is 0 Å². The van der Waals surface area contributed by atoms with Gasteiger partial charge in [0.05, 0.1) is 12.2 Å². The smallest absolute Gasteiger partial charge is 0.394 e. The van der Waals surface area contributed by atoms with E-state index in [4.69, 9.17) is 4.42 Å². The average molecular weight is 262 g/mol. The molecule has 18 heavy (non-hydrogen) atoms. The van der Waals surface area contributed by atoms with Gasteiger partial charge in [-0.15, -0.1) is 0 Å². The lowest BCUT2D eigenvalue weighted by Gasteiger charge is -2.24. The van der Waals surface area contributed by atoms with Crippen LogP contribution in [-0.2, 0) is 6.42 Å². The summed E-state index contributed by atoms with van der Waals surface area (Å²) in [6.45, 7) is 1.93. The molecule has 0 aromatic carbocycles. The van der Waals surface area contributed by atoms with Crippen LogP contribution < -0.4 is 5.32 Å². The number of nitrogens with zero attached hydrogens (tertiary/aromatic N) is 1. The minimum atomic E-state index is -4.12. The molecule has 6 heteroatoms. The van der Waals surface area contributed by atoms with Crippen molar-refractivity contribution >= 4 is 0 Å². The van der Waals surface area contributed by atoms with Gasteiger partial charge in [-0.3, -0.25) is 0 Å². The SMILES string of the molecule is FC(F)(F)C1CNCCN(CCc2ccco2)C1. The summed E-state index contributed by atoms with van der Waals surface area (Å²) >= 11 is 0. The van der Waals surface area contributed by atoms with Crippen molar-refractivity contribution in [2.75, 3.05) is 32.7 Å². The van der Waals surface area contributed by atoms with Gasteiger partial charge >= 0.3 is 6.18 Å². The van der Waals surface area contributed by atoms with Gasteiger partial charge in [0.2, 0.25) is 0 Å². The van der Waals surface area contributed by atoms with E-state index in [-0.39, 0.29) is 13.1 Å². The summed E-state index contributed by atoms with van der Waals surface area (Å²) < 4.78 is 43.4. The number of alkyl halides is 3. The normalized spacial score (nSPS) is 22.9. The summed E-state index contributed by atoms with van der Waals surface area (Å²) in [5, 5.41) is 2.84. The number of hydrogen-bond donors (Lipinski definition) is 1. The fourth-order valence-corrected chi connectivity index (χ4v) is 2.13. The molecule has 1 unspecified atom stereocenters. The molecule has 1 aliphatic heterocycles. The highest BCUT2D eigenvalue weighted by Gasteiger charge is 2.40. The molecule has 1 aromatic heterocycles. The molecule has 102 valence electrons. The topological polar surface area (TPSA) is 28.4 Å². The highest BCUT2D eigenvalue weighted by Crippen LogP contribution is 2.27. The Kier molecular flexibility index (Phi) is 4.29. The molecule has 1 fully saturated rings. The maximum absolute atomic E-state index is 12.7. The summed E-state index contributed by atoms with van der Waals surface area (Å²) in [6.07, 6.45) is -1.89. The molecular formula is C12H17F3N2O. The highest BCUT2D eigenvalue weighted by molar-refractivity contribution is 4.98. The molecule has 0 amide bonds. The largest absolute Gasteiger partial charge is 0.469 e. The zero-order valence-corrected chi connectivity index (χ0v) is 10.0. The van der Waals surface area contributed by atoms with Gasteiger partial charge in [-0.25, -0.2) is 0 Å². The molecule has 0 bridgehead atoms. The molecule has 1 atom stereocenters. The number of furan rings is 1. The molecule has 1 aromatic rings. The van der Waals surface area contributed by atoms with Crippen LogP contribution in [0.1, 0.15) is 5.76 Å². The van der Waals surface area contributed by atoms with Crippen molar-refractivity contribution in [1.29, 1.82) is 0 Å². The van der Waals surface area contributed by atoms with E-state index in [0.29, 0.717) is 26.1 Å². The molecule has 0 spiro atoms. The van der Waals surface area contributed by atoms with E-state index in [1.807, 2.05) is 11.0 Å². The predicted molar refractivity (Wildman–Crippen MR) is 61.3 cm³/mol. The quantitative estimate of drug-likeness (QED) is 0.902. The second-order valence-corrected chi connectivity index (χ2v) is 4.57. The number of hydrogen-bond acceptors (Lipinski definition) is 3. The first kappa shape index (κ1) is 13.4. The first-order valence-electron chi connectivity index (χ1n) is 6.08. The summed E-state index contributed by atoms with van der Waals surface area (Å²) in [7, 11) is 0. The van der Waals surface area contributed by atoms with Crippen molar-refractivity contribution in [3.63, 3.8) is 0 Å². The second kappa shape index (κ2) is 5.75. The van der Waals surface area contributed by atoms with Crippen molar-refractivity contribution in [3.05, 3.63) is 24.2 Å². The Hall–Kier alpha value is -1.01. The van der Waals surface area contributed by atoms with Crippen molar-refractivity contribution in [2.45, 2.75) is 12.6 Å². The minimum absolute atomic E-state index is 0.0146. The fraction of sp³-hybridized carbons (Fsp3) is 0.667. The lowest BCUT2D eigenvalue weighted by atomic mass is 10.1. The van der Waals surface area contributed by atoms with Crippen LogP contribution in [0.5, 0.6) is 0 Å². The predicted octanol–water partition coefficient (Wildman–Crippen LogP) is 1.91. The summed E-state index contributed by atoms with van der Waals surface area (Å²) in [4.78, 5) is 1.85. The van der Waals surface area contributed by atoms with Crippen molar-refractivity contribution < 1.29 is 17.6 Å². The summed E-state index contributed by atoms with van der Waals surface area (Å²) in [6, 6.07) is 3.63. The standard InChI is InChI=1S/C12H17F3N2O/c13-12(14,15)10-8-16-4-6-17(9-10)5-3-11-2-1-7-18-11/h1-2,7,10,16H,3-6,8-9H2. The first-order valence-corrected chi connectivity index (χ1v) is 6.08. The highest BCUT2D eigenvalue weighted by atomic mass is 19.4. The van der Waals surface area contributed by atoms with Gasteiger partial charge in [0, 0.05) is 39.1 Å². The summed E-state index contributed by atoms with van der Waals surface area (Å²) in [5.74, 6) is -0.465. The zero-order chi connectivity index (χ0) is 13.0. The molecule has 0 saturated carbocycles. The van der Waals surface area contributed by atoms with Crippen molar-refractivity contribution in [2.24, 2.45) is 5.92 Å². The van der Waals surface area contributed by atoms with Gasteiger partial charge in [-0.1, -0.05) is 0 Å². The van der Waals surface area contributed by atoms with Gasteiger partial charge in [-0.2, -0.15) is 13.2 Å². The fourth-order valence-electron chi connectivity index (χ4n) is 2.13. The van der Waals surface area contributed by atoms with E-state index < -0.39 is 12.1 Å². The molecule has 1 saturated heterocycles. The van der Waals surface area contributed by atoms with Gasteiger partial charge in [0.25, 0.3) is 0 Å². The van der Waals surface area contributed by atoms with Crippen LogP contribution >= 0.6 is 0 Å². The van der Waals surface area contributed by atoms with E-state index >= 15 is 0 Å². The van der Waals surface area contributed by atoms with Crippen LogP contribution in [0, 0.1) is 5.92 Å². The zero-order valence-electron chi connectivity index (χ0n) is 10.0. The molecule has 0 radical (unpaired) electrons. The van der Waals surface area contributed by atoms with Gasteiger partial charge in [-0.05, 0) is 12.1 Å². The van der Waals surface area contributed by atoms with E-state index in [0.717, 1.165) is 5.76 Å². The molecular weight excluding hydrogens is 245 g/mol. The molecule has 1 N–H and O–H groups in total. The Bertz CT molecular complexity index is 351. The lowest BCUT2D eigenvalue weighted by Crippen LogP contribution is -2.38. The first-order chi connectivity index (χ1) is 8.55. The maximum atomic E-state index is 12.7. The van der Waals surface area contributed by atoms with Gasteiger partial charge in [0.1, 0.15) is 5.76 Å². The molecule has 1 aliphatic rings. The number of rotatable bonds is 3. The van der Waals surface area contributed by atoms with Crippen LogP contribution in [0.15, 0.2) is 22.8 Å². The summed E-state index contributed by atoms with van der Waals surface area (Å²) in [5.41, 5.74) is 0. The van der Waals surface area contributed by atoms with E-state index in [1.165, 1.54) is 0 Å². The number of halogens is 3. The Balaban J connectivity index is 1.87. The van der Waals surface area contributed by atoms with Gasteiger partial charge < -0.3 is 14.6 Å². The van der Waals surface area contributed by atoms with E-state index in [2.05, 4.69) is 5.32 Å². The third-order valence-corrected chi connectivity index (χ3v) is 3.19.